The van der Waals surface area contributed by atoms with Crippen LogP contribution in [0.4, 0.5) is 17.1 Å². The van der Waals surface area contributed by atoms with E-state index >= 15 is 0 Å². The molecule has 3 heterocycles. The molecule has 2 aromatic carbocycles. The second-order valence-electron chi connectivity index (χ2n) is 6.70. The number of anilines is 3. The minimum Gasteiger partial charge on any atom is -0.379 e. The van der Waals surface area contributed by atoms with E-state index in [0.29, 0.717) is 25.2 Å². The van der Waals surface area contributed by atoms with E-state index in [-0.39, 0.29) is 5.91 Å². The Bertz CT molecular complexity index is 989. The number of hydrogen-bond acceptors (Lipinski definition) is 4. The van der Waals surface area contributed by atoms with Gasteiger partial charge in [0.2, 0.25) is 0 Å². The first-order chi connectivity index (χ1) is 12.8. The highest BCUT2D eigenvalue weighted by Crippen LogP contribution is 2.33. The summed E-state index contributed by atoms with van der Waals surface area (Å²) in [4.78, 5) is 19.1. The summed E-state index contributed by atoms with van der Waals surface area (Å²) < 4.78 is 0. The molecule has 0 radical (unpaired) electrons. The van der Waals surface area contributed by atoms with Crippen LogP contribution < -0.4 is 10.6 Å². The van der Waals surface area contributed by atoms with Crippen LogP contribution in [0.2, 0.25) is 0 Å². The fraction of sp³-hybridized carbons (Fsp3) is 0.143. The van der Waals surface area contributed by atoms with Crippen molar-refractivity contribution < 1.29 is 4.79 Å². The normalized spacial score (nSPS) is 14.4. The van der Waals surface area contributed by atoms with Gasteiger partial charge in [0.1, 0.15) is 0 Å². The van der Waals surface area contributed by atoms with Gasteiger partial charge in [0.15, 0.2) is 0 Å². The molecule has 3 aromatic rings. The van der Waals surface area contributed by atoms with E-state index in [1.165, 1.54) is 11.1 Å². The van der Waals surface area contributed by atoms with Crippen LogP contribution in [0.15, 0.2) is 60.9 Å². The first kappa shape index (κ1) is 15.0. The lowest BCUT2D eigenvalue weighted by Gasteiger charge is -2.17. The van der Waals surface area contributed by atoms with Gasteiger partial charge >= 0.3 is 0 Å². The highest BCUT2D eigenvalue weighted by Gasteiger charge is 2.24. The number of hydrogen-bond donors (Lipinski definition) is 2. The van der Waals surface area contributed by atoms with Crippen LogP contribution in [0, 0.1) is 0 Å². The van der Waals surface area contributed by atoms with Crippen molar-refractivity contribution in [2.24, 2.45) is 0 Å². The third-order valence-electron chi connectivity index (χ3n) is 5.04. The summed E-state index contributed by atoms with van der Waals surface area (Å²) in [5.41, 5.74) is 7.21. The van der Waals surface area contributed by atoms with Crippen LogP contribution in [0.1, 0.15) is 27.0 Å². The zero-order chi connectivity index (χ0) is 17.5. The van der Waals surface area contributed by atoms with E-state index in [1.54, 1.807) is 6.20 Å². The van der Waals surface area contributed by atoms with E-state index in [0.717, 1.165) is 22.6 Å². The number of benzene rings is 2. The molecule has 0 fully saturated rings. The Morgan fingerprint density at radius 1 is 0.923 bits per heavy atom. The third-order valence-corrected chi connectivity index (χ3v) is 5.04. The summed E-state index contributed by atoms with van der Waals surface area (Å²) in [6.45, 7) is 2.05. The molecule has 5 nitrogen and oxygen atoms in total. The molecule has 0 spiro atoms. The van der Waals surface area contributed by atoms with Gasteiger partial charge in [0, 0.05) is 31.4 Å². The fourth-order valence-corrected chi connectivity index (χ4v) is 3.62. The number of nitrogens with zero attached hydrogens (tertiary/aromatic N) is 2. The SMILES string of the molecule is O=C(c1ccc2c(c1)NCc1ccncc1N2)N1Cc2ccccc2C1. The van der Waals surface area contributed by atoms with Gasteiger partial charge in [-0.05, 0) is 41.0 Å². The second kappa shape index (κ2) is 5.88. The Kier molecular flexibility index (Phi) is 3.38. The number of rotatable bonds is 1. The Balaban J connectivity index is 1.41. The number of nitrogens with one attached hydrogen (secondary N) is 2. The number of amides is 1. The second-order valence-corrected chi connectivity index (χ2v) is 6.70. The van der Waals surface area contributed by atoms with Gasteiger partial charge in [-0.3, -0.25) is 9.78 Å². The topological polar surface area (TPSA) is 57.3 Å². The van der Waals surface area contributed by atoms with E-state index in [4.69, 9.17) is 0 Å². The van der Waals surface area contributed by atoms with E-state index in [2.05, 4.69) is 27.8 Å². The molecule has 0 unspecified atom stereocenters. The lowest BCUT2D eigenvalue weighted by molar-refractivity contribution is 0.0751. The zero-order valence-electron chi connectivity index (χ0n) is 14.2. The average Bonchev–Trinajstić information content (AvgIpc) is 3.02. The first-order valence-electron chi connectivity index (χ1n) is 8.72. The highest BCUT2D eigenvalue weighted by atomic mass is 16.2. The largest absolute Gasteiger partial charge is 0.379 e. The molecule has 0 aliphatic carbocycles. The van der Waals surface area contributed by atoms with Crippen LogP contribution in [0.5, 0.6) is 0 Å². The van der Waals surface area contributed by atoms with Crippen molar-refractivity contribution in [3.63, 3.8) is 0 Å². The molecule has 5 rings (SSSR count). The molecule has 2 aliphatic rings. The smallest absolute Gasteiger partial charge is 0.254 e. The Hall–Kier alpha value is -3.34. The van der Waals surface area contributed by atoms with Gasteiger partial charge in [-0.1, -0.05) is 24.3 Å². The molecular formula is C21H18N4O. The summed E-state index contributed by atoms with van der Waals surface area (Å²) in [5, 5.41) is 6.83. The number of pyridine rings is 1. The Morgan fingerprint density at radius 3 is 2.54 bits per heavy atom. The van der Waals surface area contributed by atoms with Gasteiger partial charge in [0.25, 0.3) is 5.91 Å². The molecule has 128 valence electrons. The zero-order valence-corrected chi connectivity index (χ0v) is 14.2. The number of carbonyl (C=O) groups excluding carboxylic acids is 1. The van der Waals surface area contributed by atoms with Gasteiger partial charge < -0.3 is 15.5 Å². The highest BCUT2D eigenvalue weighted by molar-refractivity contribution is 5.97. The summed E-state index contributed by atoms with van der Waals surface area (Å²) in [6.07, 6.45) is 3.62. The van der Waals surface area contributed by atoms with Crippen molar-refractivity contribution in [1.29, 1.82) is 0 Å². The Labute approximate surface area is 151 Å². The number of aromatic nitrogens is 1. The lowest BCUT2D eigenvalue weighted by Crippen LogP contribution is -2.25. The van der Waals surface area contributed by atoms with E-state index in [9.17, 15) is 4.79 Å². The van der Waals surface area contributed by atoms with Crippen molar-refractivity contribution >= 4 is 23.0 Å². The van der Waals surface area contributed by atoms with Crippen LogP contribution in [-0.2, 0) is 19.6 Å². The standard InChI is InChI=1S/C21H18N4O/c26-21(25-12-16-3-1-2-4-17(16)13-25)14-5-6-18-19(9-14)23-10-15-7-8-22-11-20(15)24-18/h1-9,11,23-24H,10,12-13H2. The maximum Gasteiger partial charge on any atom is 0.254 e. The van der Waals surface area contributed by atoms with E-state index in [1.807, 2.05) is 47.5 Å². The van der Waals surface area contributed by atoms with Crippen LogP contribution in [-0.4, -0.2) is 15.8 Å². The van der Waals surface area contributed by atoms with Crippen molar-refractivity contribution in [3.8, 4) is 0 Å². The molecule has 0 atom stereocenters. The molecular weight excluding hydrogens is 324 g/mol. The van der Waals surface area contributed by atoms with Gasteiger partial charge in [-0.2, -0.15) is 0 Å². The minimum atomic E-state index is 0.0641. The molecule has 0 bridgehead atoms. The number of fused-ring (bicyclic) bond motifs is 3. The van der Waals surface area contributed by atoms with Crippen molar-refractivity contribution in [2.75, 3.05) is 10.6 Å². The fourth-order valence-electron chi connectivity index (χ4n) is 3.62. The molecule has 2 aliphatic heterocycles. The predicted octanol–water partition coefficient (Wildman–Crippen LogP) is 3.91. The van der Waals surface area contributed by atoms with Crippen molar-refractivity contribution in [2.45, 2.75) is 19.6 Å². The van der Waals surface area contributed by atoms with E-state index < -0.39 is 0 Å². The maximum atomic E-state index is 13.0. The number of carbonyl (C=O) groups is 1. The molecule has 0 saturated carbocycles. The quantitative estimate of drug-likeness (QED) is 0.704. The predicted molar refractivity (Wildman–Crippen MR) is 101 cm³/mol. The summed E-state index contributed by atoms with van der Waals surface area (Å²) in [7, 11) is 0. The first-order valence-corrected chi connectivity index (χ1v) is 8.72. The summed E-state index contributed by atoms with van der Waals surface area (Å²) in [5.74, 6) is 0.0641. The van der Waals surface area contributed by atoms with Gasteiger partial charge in [0.05, 0.1) is 23.3 Å². The van der Waals surface area contributed by atoms with Gasteiger partial charge in [-0.15, -0.1) is 0 Å². The van der Waals surface area contributed by atoms with Gasteiger partial charge in [-0.25, -0.2) is 0 Å². The summed E-state index contributed by atoms with van der Waals surface area (Å²) in [6, 6.07) is 16.0. The molecule has 1 aromatic heterocycles. The molecule has 5 heteroatoms. The van der Waals surface area contributed by atoms with Crippen LogP contribution >= 0.6 is 0 Å². The molecule has 2 N–H and O–H groups in total. The van der Waals surface area contributed by atoms with Crippen LogP contribution in [0.3, 0.4) is 0 Å². The summed E-state index contributed by atoms with van der Waals surface area (Å²) >= 11 is 0. The Morgan fingerprint density at radius 2 is 1.73 bits per heavy atom. The molecule has 0 saturated heterocycles. The average molecular weight is 342 g/mol. The minimum absolute atomic E-state index is 0.0641. The van der Waals surface area contributed by atoms with Crippen LogP contribution in [0.25, 0.3) is 0 Å². The molecule has 26 heavy (non-hydrogen) atoms. The molecule has 1 amide bonds. The maximum absolute atomic E-state index is 13.0. The monoisotopic (exact) mass is 342 g/mol. The lowest BCUT2D eigenvalue weighted by atomic mass is 10.1. The van der Waals surface area contributed by atoms with Crippen molar-refractivity contribution in [1.82, 2.24) is 9.88 Å². The third kappa shape index (κ3) is 2.49. The van der Waals surface area contributed by atoms with Crippen molar-refractivity contribution in [3.05, 3.63) is 83.2 Å².